The first kappa shape index (κ1) is 21.4. The first-order chi connectivity index (χ1) is 16.0. The zero-order valence-electron chi connectivity index (χ0n) is 18.7. The van der Waals surface area contributed by atoms with Crippen LogP contribution in [0.5, 0.6) is 0 Å². The fourth-order valence-electron chi connectivity index (χ4n) is 4.67. The van der Waals surface area contributed by atoms with E-state index in [1.54, 1.807) is 0 Å². The highest BCUT2D eigenvalue weighted by atomic mass is 32.1. The number of aryl methyl sites for hydroxylation is 2. The number of thiazole rings is 1. The molecule has 3 heterocycles. The summed E-state index contributed by atoms with van der Waals surface area (Å²) in [6.45, 7) is 5.03. The zero-order valence-corrected chi connectivity index (χ0v) is 19.6. The number of likely N-dealkylation sites (tertiary alicyclic amines) is 1. The molecule has 5 rings (SSSR count). The molecule has 0 unspecified atom stereocenters. The third-order valence-electron chi connectivity index (χ3n) is 6.27. The summed E-state index contributed by atoms with van der Waals surface area (Å²) in [5.74, 6) is -0.137. The molecule has 1 N–H and O–H groups in total. The topological polar surface area (TPSA) is 66.7 Å². The van der Waals surface area contributed by atoms with Crippen LogP contribution in [-0.4, -0.2) is 45.2 Å². The molecule has 33 heavy (non-hydrogen) atoms. The van der Waals surface area contributed by atoms with Crippen LogP contribution in [0.3, 0.4) is 0 Å². The van der Waals surface area contributed by atoms with Gasteiger partial charge < -0.3 is 10.2 Å². The molecule has 1 fully saturated rings. The maximum Gasteiger partial charge on any atom is 0.270 e. The third-order valence-corrected chi connectivity index (χ3v) is 7.03. The lowest BCUT2D eigenvalue weighted by atomic mass is 9.97. The third kappa shape index (κ3) is 4.04. The van der Waals surface area contributed by atoms with E-state index in [0.717, 1.165) is 34.5 Å². The normalized spacial score (nSPS) is 15.8. The SMILES string of the molecule is Cc1cccc(-c2ccccc2C(=O)N2CCC[C@H]2CNC(=O)c2c(C)nc3sccn23)c1. The van der Waals surface area contributed by atoms with E-state index in [2.05, 4.69) is 29.4 Å². The first-order valence-corrected chi connectivity index (χ1v) is 12.1. The number of nitrogens with zero attached hydrogens (tertiary/aromatic N) is 3. The Morgan fingerprint density at radius 3 is 2.85 bits per heavy atom. The van der Waals surface area contributed by atoms with Gasteiger partial charge >= 0.3 is 0 Å². The second-order valence-electron chi connectivity index (χ2n) is 8.52. The van der Waals surface area contributed by atoms with Gasteiger partial charge in [-0.2, -0.15) is 0 Å². The van der Waals surface area contributed by atoms with Crippen molar-refractivity contribution in [2.75, 3.05) is 13.1 Å². The number of hydrogen-bond acceptors (Lipinski definition) is 4. The fraction of sp³-hybridized carbons (Fsp3) is 0.269. The Hall–Kier alpha value is -3.45. The average molecular weight is 459 g/mol. The largest absolute Gasteiger partial charge is 0.349 e. The molecule has 0 radical (unpaired) electrons. The predicted molar refractivity (Wildman–Crippen MR) is 131 cm³/mol. The van der Waals surface area contributed by atoms with Gasteiger partial charge in [0.05, 0.1) is 5.69 Å². The number of aromatic nitrogens is 2. The van der Waals surface area contributed by atoms with Crippen molar-refractivity contribution in [1.82, 2.24) is 19.6 Å². The van der Waals surface area contributed by atoms with Crippen molar-refractivity contribution in [2.45, 2.75) is 32.7 Å². The van der Waals surface area contributed by atoms with E-state index in [9.17, 15) is 9.59 Å². The van der Waals surface area contributed by atoms with Crippen LogP contribution in [0.2, 0.25) is 0 Å². The Bertz CT molecular complexity index is 1340. The van der Waals surface area contributed by atoms with Gasteiger partial charge in [-0.1, -0.05) is 48.0 Å². The van der Waals surface area contributed by atoms with Gasteiger partial charge in [-0.25, -0.2) is 4.98 Å². The molecule has 168 valence electrons. The van der Waals surface area contributed by atoms with E-state index in [1.807, 2.05) is 64.2 Å². The van der Waals surface area contributed by atoms with Gasteiger partial charge in [0.2, 0.25) is 0 Å². The smallest absolute Gasteiger partial charge is 0.270 e. The Morgan fingerprint density at radius 1 is 1.15 bits per heavy atom. The molecule has 1 saturated heterocycles. The Labute approximate surface area is 196 Å². The van der Waals surface area contributed by atoms with Crippen molar-refractivity contribution in [3.8, 4) is 11.1 Å². The summed E-state index contributed by atoms with van der Waals surface area (Å²) >= 11 is 1.50. The van der Waals surface area contributed by atoms with Gasteiger partial charge in [-0.15, -0.1) is 11.3 Å². The highest BCUT2D eigenvalue weighted by molar-refractivity contribution is 7.15. The summed E-state index contributed by atoms with van der Waals surface area (Å²) in [6, 6.07) is 16.0. The summed E-state index contributed by atoms with van der Waals surface area (Å²) in [5, 5.41) is 4.97. The van der Waals surface area contributed by atoms with Crippen molar-refractivity contribution < 1.29 is 9.59 Å². The number of amides is 2. The molecule has 6 nitrogen and oxygen atoms in total. The van der Waals surface area contributed by atoms with E-state index >= 15 is 0 Å². The minimum atomic E-state index is -0.155. The van der Waals surface area contributed by atoms with Crippen molar-refractivity contribution in [1.29, 1.82) is 0 Å². The summed E-state index contributed by atoms with van der Waals surface area (Å²) in [6.07, 6.45) is 3.67. The van der Waals surface area contributed by atoms with E-state index in [1.165, 1.54) is 11.3 Å². The van der Waals surface area contributed by atoms with Crippen LogP contribution in [-0.2, 0) is 0 Å². The van der Waals surface area contributed by atoms with Crippen LogP contribution in [0, 0.1) is 13.8 Å². The lowest BCUT2D eigenvalue weighted by Crippen LogP contribution is -2.43. The number of fused-ring (bicyclic) bond motifs is 1. The molecule has 1 aliphatic rings. The number of rotatable bonds is 5. The molecule has 4 aromatic rings. The van der Waals surface area contributed by atoms with Gasteiger partial charge in [-0.05, 0) is 43.9 Å². The molecule has 1 aliphatic heterocycles. The molecule has 0 bridgehead atoms. The van der Waals surface area contributed by atoms with Gasteiger partial charge in [-0.3, -0.25) is 14.0 Å². The second-order valence-corrected chi connectivity index (χ2v) is 9.39. The molecule has 0 aliphatic carbocycles. The average Bonchev–Trinajstić information content (AvgIpc) is 3.53. The Balaban J connectivity index is 1.34. The van der Waals surface area contributed by atoms with E-state index in [-0.39, 0.29) is 17.9 Å². The number of imidazole rings is 1. The van der Waals surface area contributed by atoms with Crippen LogP contribution in [0.25, 0.3) is 16.1 Å². The first-order valence-electron chi connectivity index (χ1n) is 11.2. The molecule has 7 heteroatoms. The van der Waals surface area contributed by atoms with Crippen molar-refractivity contribution >= 4 is 28.1 Å². The number of carbonyl (C=O) groups excluding carboxylic acids is 2. The zero-order chi connectivity index (χ0) is 22.9. The highest BCUT2D eigenvalue weighted by Crippen LogP contribution is 2.28. The van der Waals surface area contributed by atoms with Gasteiger partial charge in [0.1, 0.15) is 5.69 Å². The van der Waals surface area contributed by atoms with Crippen LogP contribution < -0.4 is 5.32 Å². The van der Waals surface area contributed by atoms with E-state index < -0.39 is 0 Å². The summed E-state index contributed by atoms with van der Waals surface area (Å²) in [5.41, 5.74) is 5.12. The standard InChI is InChI=1S/C26H26N4O2S/c1-17-7-5-8-19(15-17)21-10-3-4-11-22(21)25(32)29-12-6-9-20(29)16-27-24(31)23-18(2)28-26-30(23)13-14-33-26/h3-5,7-8,10-11,13-15,20H,6,9,12,16H2,1-2H3,(H,27,31)/t20-/m0/s1. The van der Waals surface area contributed by atoms with Crippen molar-refractivity contribution in [3.05, 3.63) is 82.6 Å². The molecular formula is C26H26N4O2S. The molecule has 0 saturated carbocycles. The molecule has 0 spiro atoms. The maximum absolute atomic E-state index is 13.6. The molecule has 2 aromatic heterocycles. The maximum atomic E-state index is 13.6. The fourth-order valence-corrected chi connectivity index (χ4v) is 5.43. The molecule has 2 aromatic carbocycles. The number of nitrogens with one attached hydrogen (secondary N) is 1. The van der Waals surface area contributed by atoms with Crippen LogP contribution >= 0.6 is 11.3 Å². The van der Waals surface area contributed by atoms with Crippen molar-refractivity contribution in [3.63, 3.8) is 0 Å². The summed E-state index contributed by atoms with van der Waals surface area (Å²) in [7, 11) is 0. The van der Waals surface area contributed by atoms with E-state index in [4.69, 9.17) is 0 Å². The second kappa shape index (κ2) is 8.83. The lowest BCUT2D eigenvalue weighted by Gasteiger charge is -2.26. The predicted octanol–water partition coefficient (Wildman–Crippen LogP) is 4.71. The van der Waals surface area contributed by atoms with Crippen molar-refractivity contribution in [2.24, 2.45) is 0 Å². The Morgan fingerprint density at radius 2 is 2.00 bits per heavy atom. The number of carbonyl (C=O) groups is 2. The molecular weight excluding hydrogens is 432 g/mol. The summed E-state index contributed by atoms with van der Waals surface area (Å²) in [4.78, 5) is 33.7. The highest BCUT2D eigenvalue weighted by Gasteiger charge is 2.31. The van der Waals surface area contributed by atoms with Gasteiger partial charge in [0, 0.05) is 36.3 Å². The number of hydrogen-bond donors (Lipinski definition) is 1. The summed E-state index contributed by atoms with van der Waals surface area (Å²) < 4.78 is 1.82. The number of benzene rings is 2. The van der Waals surface area contributed by atoms with Gasteiger partial charge in [0.15, 0.2) is 4.96 Å². The van der Waals surface area contributed by atoms with Crippen LogP contribution in [0.1, 0.15) is 44.9 Å². The quantitative estimate of drug-likeness (QED) is 0.471. The van der Waals surface area contributed by atoms with Gasteiger partial charge in [0.25, 0.3) is 11.8 Å². The minimum Gasteiger partial charge on any atom is -0.349 e. The van der Waals surface area contributed by atoms with E-state index in [0.29, 0.717) is 30.0 Å². The molecule has 1 atom stereocenters. The minimum absolute atomic E-state index is 0.0182. The van der Waals surface area contributed by atoms with Crippen LogP contribution in [0.4, 0.5) is 0 Å². The monoisotopic (exact) mass is 458 g/mol. The lowest BCUT2D eigenvalue weighted by molar-refractivity contribution is 0.0725. The molecule has 2 amide bonds. The van der Waals surface area contributed by atoms with Crippen LogP contribution in [0.15, 0.2) is 60.1 Å². The Kier molecular flexibility index (Phi) is 5.72.